The molecule has 0 aliphatic heterocycles. The van der Waals surface area contributed by atoms with Gasteiger partial charge in [-0.25, -0.2) is 4.79 Å². The van der Waals surface area contributed by atoms with E-state index in [2.05, 4.69) is 13.8 Å². The van der Waals surface area contributed by atoms with Gasteiger partial charge in [-0.3, -0.25) is 4.79 Å². The van der Waals surface area contributed by atoms with E-state index in [-0.39, 0.29) is 5.92 Å². The Morgan fingerprint density at radius 2 is 1.89 bits per heavy atom. The number of ether oxygens (including phenoxy) is 1. The number of rotatable bonds is 6. The minimum atomic E-state index is -0.673. The summed E-state index contributed by atoms with van der Waals surface area (Å²) in [6.45, 7) is 6.05. The Balaban J connectivity index is 2.69. The third-order valence-corrected chi connectivity index (χ3v) is 3.45. The van der Waals surface area contributed by atoms with Gasteiger partial charge in [0.2, 0.25) is 0 Å². The number of hydrogen-bond donors (Lipinski definition) is 0. The minimum Gasteiger partial charge on any atom is -0.451 e. The number of aldehydes is 1. The first-order chi connectivity index (χ1) is 8.60. The van der Waals surface area contributed by atoms with Gasteiger partial charge in [-0.15, -0.1) is 0 Å². The van der Waals surface area contributed by atoms with E-state index in [0.29, 0.717) is 11.5 Å². The second-order valence-corrected chi connectivity index (χ2v) is 4.62. The molecule has 1 aromatic rings. The normalized spacial score (nSPS) is 15.5. The predicted octanol–water partition coefficient (Wildman–Crippen LogP) is 3.09. The molecule has 0 unspecified atom stereocenters. The van der Waals surface area contributed by atoms with Crippen molar-refractivity contribution in [2.24, 2.45) is 11.8 Å². The smallest absolute Gasteiger partial charge is 0.338 e. The van der Waals surface area contributed by atoms with Crippen molar-refractivity contribution >= 4 is 12.3 Å². The second kappa shape index (κ2) is 6.94. The van der Waals surface area contributed by atoms with Crippen LogP contribution in [0.4, 0.5) is 0 Å². The zero-order chi connectivity index (χ0) is 13.5. The molecule has 0 fully saturated rings. The fourth-order valence-corrected chi connectivity index (χ4v) is 1.72. The Bertz CT molecular complexity index is 386. The summed E-state index contributed by atoms with van der Waals surface area (Å²) in [6, 6.07) is 8.72. The van der Waals surface area contributed by atoms with E-state index in [1.807, 2.05) is 13.0 Å². The number of hydrogen-bond acceptors (Lipinski definition) is 3. The highest BCUT2D eigenvalue weighted by molar-refractivity contribution is 5.90. The lowest BCUT2D eigenvalue weighted by Crippen LogP contribution is -2.30. The first-order valence-electron chi connectivity index (χ1n) is 6.31. The van der Waals surface area contributed by atoms with E-state index in [9.17, 15) is 9.59 Å². The third kappa shape index (κ3) is 3.69. The lowest BCUT2D eigenvalue weighted by atomic mass is 9.89. The molecule has 3 atom stereocenters. The summed E-state index contributed by atoms with van der Waals surface area (Å²) < 4.78 is 5.26. The summed E-state index contributed by atoms with van der Waals surface area (Å²) in [4.78, 5) is 22.9. The van der Waals surface area contributed by atoms with Crippen molar-refractivity contribution in [3.05, 3.63) is 35.9 Å². The van der Waals surface area contributed by atoms with E-state index in [4.69, 9.17) is 4.74 Å². The first-order valence-corrected chi connectivity index (χ1v) is 6.31. The van der Waals surface area contributed by atoms with Crippen LogP contribution in [0, 0.1) is 11.8 Å². The summed E-state index contributed by atoms with van der Waals surface area (Å²) >= 11 is 0. The molecule has 0 saturated carbocycles. The van der Waals surface area contributed by atoms with Crippen molar-refractivity contribution in [3.63, 3.8) is 0 Å². The van der Waals surface area contributed by atoms with Gasteiger partial charge in [-0.05, 0) is 18.1 Å². The van der Waals surface area contributed by atoms with Crippen LogP contribution >= 0.6 is 0 Å². The molecule has 3 heteroatoms. The molecule has 0 aliphatic carbocycles. The summed E-state index contributed by atoms with van der Waals surface area (Å²) in [5.74, 6) is -0.0770. The number of esters is 1. The molecule has 0 heterocycles. The molecule has 18 heavy (non-hydrogen) atoms. The SMILES string of the molecule is CC[C@H](C)[C@@H](C)[C@H](C=O)OC(=O)c1ccccc1. The van der Waals surface area contributed by atoms with Gasteiger partial charge in [-0.2, -0.15) is 0 Å². The van der Waals surface area contributed by atoms with Crippen molar-refractivity contribution in [3.8, 4) is 0 Å². The van der Waals surface area contributed by atoms with Gasteiger partial charge in [0.15, 0.2) is 12.4 Å². The van der Waals surface area contributed by atoms with Crippen molar-refractivity contribution in [2.45, 2.75) is 33.3 Å². The Labute approximate surface area is 108 Å². The second-order valence-electron chi connectivity index (χ2n) is 4.62. The van der Waals surface area contributed by atoms with E-state index in [1.165, 1.54) is 0 Å². The van der Waals surface area contributed by atoms with Gasteiger partial charge in [0, 0.05) is 5.92 Å². The molecular weight excluding hydrogens is 228 g/mol. The van der Waals surface area contributed by atoms with Gasteiger partial charge >= 0.3 is 5.97 Å². The molecule has 0 radical (unpaired) electrons. The van der Waals surface area contributed by atoms with Crippen LogP contribution in [-0.2, 0) is 9.53 Å². The molecular formula is C15H20O3. The molecule has 3 nitrogen and oxygen atoms in total. The lowest BCUT2D eigenvalue weighted by molar-refractivity contribution is -0.118. The van der Waals surface area contributed by atoms with Crippen LogP contribution in [0.1, 0.15) is 37.6 Å². The monoisotopic (exact) mass is 248 g/mol. The minimum absolute atomic E-state index is 0.0279. The maximum atomic E-state index is 11.8. The fraction of sp³-hybridized carbons (Fsp3) is 0.467. The Hall–Kier alpha value is -1.64. The van der Waals surface area contributed by atoms with Crippen LogP contribution in [0.5, 0.6) is 0 Å². The highest BCUT2D eigenvalue weighted by Crippen LogP contribution is 2.20. The Kier molecular flexibility index (Phi) is 5.56. The zero-order valence-corrected chi connectivity index (χ0v) is 11.1. The van der Waals surface area contributed by atoms with Gasteiger partial charge in [-0.1, -0.05) is 45.4 Å². The standard InChI is InChI=1S/C15H20O3/c1-4-11(2)12(3)14(10-16)18-15(17)13-8-6-5-7-9-13/h5-12,14H,4H2,1-3H3/t11-,12+,14-/m0/s1. The predicted molar refractivity (Wildman–Crippen MR) is 70.3 cm³/mol. The average molecular weight is 248 g/mol. The summed E-state index contributed by atoms with van der Waals surface area (Å²) in [5.41, 5.74) is 0.473. The van der Waals surface area contributed by atoms with E-state index in [0.717, 1.165) is 12.7 Å². The highest BCUT2D eigenvalue weighted by atomic mass is 16.5. The molecule has 0 spiro atoms. The molecule has 0 aromatic heterocycles. The van der Waals surface area contributed by atoms with Crippen molar-refractivity contribution in [2.75, 3.05) is 0 Å². The van der Waals surface area contributed by atoms with Crippen molar-refractivity contribution in [1.82, 2.24) is 0 Å². The van der Waals surface area contributed by atoms with E-state index >= 15 is 0 Å². The summed E-state index contributed by atoms with van der Waals surface area (Å²) in [5, 5.41) is 0. The molecule has 1 aromatic carbocycles. The zero-order valence-electron chi connectivity index (χ0n) is 11.1. The van der Waals surface area contributed by atoms with Crippen molar-refractivity contribution in [1.29, 1.82) is 0 Å². The maximum absolute atomic E-state index is 11.8. The van der Waals surface area contributed by atoms with Crippen LogP contribution < -0.4 is 0 Å². The van der Waals surface area contributed by atoms with Gasteiger partial charge in [0.05, 0.1) is 5.56 Å². The van der Waals surface area contributed by atoms with Crippen LogP contribution in [0.15, 0.2) is 30.3 Å². The molecule has 0 bridgehead atoms. The highest BCUT2D eigenvalue weighted by Gasteiger charge is 2.25. The van der Waals surface area contributed by atoms with Gasteiger partial charge < -0.3 is 4.74 Å². The quantitative estimate of drug-likeness (QED) is 0.574. The fourth-order valence-electron chi connectivity index (χ4n) is 1.72. The van der Waals surface area contributed by atoms with Crippen LogP contribution in [0.3, 0.4) is 0 Å². The van der Waals surface area contributed by atoms with Gasteiger partial charge in [0.1, 0.15) is 0 Å². The van der Waals surface area contributed by atoms with Crippen LogP contribution in [-0.4, -0.2) is 18.4 Å². The van der Waals surface area contributed by atoms with Gasteiger partial charge in [0.25, 0.3) is 0 Å². The molecule has 1 rings (SSSR count). The Morgan fingerprint density at radius 1 is 1.28 bits per heavy atom. The Morgan fingerprint density at radius 3 is 2.39 bits per heavy atom. The molecule has 0 saturated heterocycles. The number of benzene rings is 1. The lowest BCUT2D eigenvalue weighted by Gasteiger charge is -2.24. The van der Waals surface area contributed by atoms with E-state index < -0.39 is 12.1 Å². The summed E-state index contributed by atoms with van der Waals surface area (Å²) in [6.07, 6.45) is 0.999. The first kappa shape index (κ1) is 14.4. The third-order valence-electron chi connectivity index (χ3n) is 3.45. The molecule has 0 aliphatic rings. The number of carbonyl (C=O) groups excluding carboxylic acids is 2. The average Bonchev–Trinajstić information content (AvgIpc) is 2.43. The van der Waals surface area contributed by atoms with E-state index in [1.54, 1.807) is 24.3 Å². The maximum Gasteiger partial charge on any atom is 0.338 e. The van der Waals surface area contributed by atoms with Crippen molar-refractivity contribution < 1.29 is 14.3 Å². The molecule has 0 amide bonds. The number of carbonyl (C=O) groups is 2. The topological polar surface area (TPSA) is 43.4 Å². The molecule has 0 N–H and O–H groups in total. The van der Waals surface area contributed by atoms with Crippen LogP contribution in [0.25, 0.3) is 0 Å². The summed E-state index contributed by atoms with van der Waals surface area (Å²) in [7, 11) is 0. The largest absolute Gasteiger partial charge is 0.451 e. The molecule has 98 valence electrons. The van der Waals surface area contributed by atoms with Crippen LogP contribution in [0.2, 0.25) is 0 Å².